The number of carbonyl (C=O) groups excluding carboxylic acids is 2. The maximum Gasteiger partial charge on any atom is 0.320 e. The maximum atomic E-state index is 12.8. The Balaban J connectivity index is 2.46. The summed E-state index contributed by atoms with van der Waals surface area (Å²) in [6, 6.07) is 3.50. The van der Waals surface area contributed by atoms with E-state index in [0.717, 1.165) is 77.0 Å². The summed E-state index contributed by atoms with van der Waals surface area (Å²) in [6.45, 7) is 4.28. The number of carboxylic acid groups (broad SMARTS) is 1. The molecule has 0 saturated heterocycles. The van der Waals surface area contributed by atoms with E-state index in [4.69, 9.17) is 15.2 Å². The number of nitrogens with two attached hydrogens (primary N) is 1. The summed E-state index contributed by atoms with van der Waals surface area (Å²) in [5.74, 6) is -1.96. The van der Waals surface area contributed by atoms with E-state index >= 15 is 0 Å². The molecular weight excluding hydrogens is 747 g/mol. The molecular formula is C53H71NO6. The topological polar surface area (TPSA) is 116 Å². The molecule has 0 aliphatic heterocycles. The van der Waals surface area contributed by atoms with Crippen LogP contribution < -0.4 is 15.2 Å². The fourth-order valence-corrected chi connectivity index (χ4v) is 5.21. The number of esters is 2. The zero-order valence-electron chi connectivity index (χ0n) is 36.3. The van der Waals surface area contributed by atoms with Gasteiger partial charge in [0.1, 0.15) is 6.04 Å². The number of carbonyl (C=O) groups is 3. The summed E-state index contributed by atoms with van der Waals surface area (Å²) in [5, 5.41) is 9.25. The van der Waals surface area contributed by atoms with Gasteiger partial charge in [-0.25, -0.2) is 0 Å². The Morgan fingerprint density at radius 2 is 0.783 bits per heavy atom. The highest BCUT2D eigenvalue weighted by molar-refractivity contribution is 5.77. The lowest BCUT2D eigenvalue weighted by Gasteiger charge is -2.13. The third-order valence-corrected chi connectivity index (χ3v) is 8.45. The minimum Gasteiger partial charge on any atom is -0.480 e. The van der Waals surface area contributed by atoms with Crippen molar-refractivity contribution >= 4 is 17.9 Å². The SMILES string of the molecule is CC/C=C\C/C=C\C/C=C\C/C=C\C/C=C\C/C=C\CCC(=O)Oc1ccc(C[C@H](N)C(=O)O)cc1OC(=O)CC/C=C\C/C=C\C/C=C\C/C=C\C/C=C\C/C=C\CC. The minimum atomic E-state index is -1.14. The van der Waals surface area contributed by atoms with Crippen molar-refractivity contribution in [3.8, 4) is 11.5 Å². The largest absolute Gasteiger partial charge is 0.480 e. The molecule has 1 rings (SSSR count). The predicted octanol–water partition coefficient (Wildman–Crippen LogP) is 13.4. The molecule has 60 heavy (non-hydrogen) atoms. The number of aliphatic carboxylic acids is 1. The summed E-state index contributed by atoms with van der Waals surface area (Å²) >= 11 is 0. The minimum absolute atomic E-state index is 0.0231. The second-order valence-electron chi connectivity index (χ2n) is 13.8. The van der Waals surface area contributed by atoms with Crippen molar-refractivity contribution in [1.82, 2.24) is 0 Å². The average molecular weight is 818 g/mol. The standard InChI is InChI=1S/C53H71NO6/c1-3-5-7-9-11-13-15-17-19-21-23-25-27-29-31-33-35-37-39-41-51(55)59-49-44-43-47(45-48(54)53(57)58)46-50(49)60-52(56)42-40-38-36-34-32-30-28-26-24-22-20-18-16-14-12-10-8-6-4-2/h5-8,11-14,17-20,23-26,29-32,35-38,43-44,46,48H,3-4,9-10,15-16,21-22,27-28,33-34,39-42,45,54H2,1-2H3,(H,57,58)/b7-5-,8-6-,13-11-,14-12-,19-17-,20-18-,25-23-,26-24-,31-29-,32-30-,37-35-,38-36-/t48-/m0/s1. The number of benzene rings is 1. The highest BCUT2D eigenvalue weighted by Crippen LogP contribution is 2.30. The maximum absolute atomic E-state index is 12.8. The van der Waals surface area contributed by atoms with Gasteiger partial charge in [-0.1, -0.05) is 166 Å². The molecule has 3 N–H and O–H groups in total. The molecule has 324 valence electrons. The third-order valence-electron chi connectivity index (χ3n) is 8.45. The van der Waals surface area contributed by atoms with E-state index < -0.39 is 23.9 Å². The Hall–Kier alpha value is -5.53. The monoisotopic (exact) mass is 818 g/mol. The summed E-state index contributed by atoms with van der Waals surface area (Å²) in [6.07, 6.45) is 63.5. The van der Waals surface area contributed by atoms with Gasteiger partial charge in [-0.3, -0.25) is 14.4 Å². The van der Waals surface area contributed by atoms with Crippen LogP contribution in [0.15, 0.2) is 164 Å². The first kappa shape index (κ1) is 52.5. The van der Waals surface area contributed by atoms with Crippen molar-refractivity contribution < 1.29 is 29.0 Å². The van der Waals surface area contributed by atoms with Crippen LogP contribution >= 0.6 is 0 Å². The van der Waals surface area contributed by atoms with E-state index in [-0.39, 0.29) is 30.8 Å². The normalized spacial score (nSPS) is 13.4. The quantitative estimate of drug-likeness (QED) is 0.0412. The smallest absolute Gasteiger partial charge is 0.320 e. The molecule has 0 unspecified atom stereocenters. The molecule has 7 heteroatoms. The molecule has 7 nitrogen and oxygen atoms in total. The first-order valence-electron chi connectivity index (χ1n) is 21.7. The van der Waals surface area contributed by atoms with Gasteiger partial charge in [0, 0.05) is 12.8 Å². The van der Waals surface area contributed by atoms with E-state index in [1.807, 2.05) is 24.3 Å². The molecule has 0 bridgehead atoms. The van der Waals surface area contributed by atoms with Crippen molar-refractivity contribution in [1.29, 1.82) is 0 Å². The first-order chi connectivity index (χ1) is 29.4. The van der Waals surface area contributed by atoms with E-state index in [2.05, 4.69) is 135 Å². The lowest BCUT2D eigenvalue weighted by atomic mass is 10.1. The van der Waals surface area contributed by atoms with Gasteiger partial charge < -0.3 is 20.3 Å². The van der Waals surface area contributed by atoms with Crippen molar-refractivity contribution in [2.75, 3.05) is 0 Å². The molecule has 0 saturated carbocycles. The van der Waals surface area contributed by atoms with Gasteiger partial charge in [0.25, 0.3) is 0 Å². The lowest BCUT2D eigenvalue weighted by Crippen LogP contribution is -2.32. The molecule has 0 radical (unpaired) electrons. The number of hydrogen-bond acceptors (Lipinski definition) is 6. The molecule has 0 aliphatic rings. The number of carboxylic acids is 1. The van der Waals surface area contributed by atoms with E-state index in [1.54, 1.807) is 6.07 Å². The van der Waals surface area contributed by atoms with Crippen LogP contribution in [0.2, 0.25) is 0 Å². The Morgan fingerprint density at radius 1 is 0.483 bits per heavy atom. The second-order valence-corrected chi connectivity index (χ2v) is 13.8. The molecule has 1 aromatic carbocycles. The van der Waals surface area contributed by atoms with E-state index in [9.17, 15) is 19.5 Å². The summed E-state index contributed by atoms with van der Waals surface area (Å²) in [4.78, 5) is 36.8. The summed E-state index contributed by atoms with van der Waals surface area (Å²) in [7, 11) is 0. The molecule has 0 heterocycles. The first-order valence-corrected chi connectivity index (χ1v) is 21.7. The molecule has 0 aromatic heterocycles. The fraction of sp³-hybridized carbons (Fsp3) is 0.377. The highest BCUT2D eigenvalue weighted by atomic mass is 16.6. The lowest BCUT2D eigenvalue weighted by molar-refractivity contribution is -0.138. The predicted molar refractivity (Wildman–Crippen MR) is 252 cm³/mol. The van der Waals surface area contributed by atoms with Crippen LogP contribution in [0.3, 0.4) is 0 Å². The van der Waals surface area contributed by atoms with E-state index in [0.29, 0.717) is 18.4 Å². The number of allylic oxidation sites excluding steroid dienone is 24. The number of ether oxygens (including phenoxy) is 2. The van der Waals surface area contributed by atoms with Gasteiger partial charge in [0.15, 0.2) is 11.5 Å². The van der Waals surface area contributed by atoms with Gasteiger partial charge in [0.2, 0.25) is 0 Å². The fourth-order valence-electron chi connectivity index (χ4n) is 5.21. The Bertz CT molecular complexity index is 1690. The van der Waals surface area contributed by atoms with Crippen LogP contribution in [0.1, 0.15) is 122 Å². The Kier molecular flexibility index (Phi) is 34.1. The Labute approximate surface area is 361 Å². The van der Waals surface area contributed by atoms with Crippen LogP contribution in [0.4, 0.5) is 0 Å². The number of hydrogen-bond donors (Lipinski definition) is 2. The van der Waals surface area contributed by atoms with Crippen LogP contribution in [-0.4, -0.2) is 29.1 Å². The van der Waals surface area contributed by atoms with Gasteiger partial charge in [-0.05, 0) is 114 Å². The van der Waals surface area contributed by atoms with Crippen LogP contribution in [0.25, 0.3) is 0 Å². The zero-order valence-corrected chi connectivity index (χ0v) is 36.3. The molecule has 0 aliphatic carbocycles. The molecule has 0 amide bonds. The Morgan fingerprint density at radius 3 is 1.10 bits per heavy atom. The van der Waals surface area contributed by atoms with Gasteiger partial charge in [0.05, 0.1) is 0 Å². The van der Waals surface area contributed by atoms with E-state index in [1.165, 1.54) is 12.1 Å². The van der Waals surface area contributed by atoms with Crippen molar-refractivity contribution in [2.24, 2.45) is 5.73 Å². The molecule has 0 fully saturated rings. The molecule has 0 spiro atoms. The summed E-state index contributed by atoms with van der Waals surface area (Å²) in [5.41, 5.74) is 6.27. The average Bonchev–Trinajstić information content (AvgIpc) is 3.23. The van der Waals surface area contributed by atoms with Crippen LogP contribution in [0, 0.1) is 0 Å². The molecule has 1 aromatic rings. The third kappa shape index (κ3) is 32.4. The van der Waals surface area contributed by atoms with Gasteiger partial charge in [-0.2, -0.15) is 0 Å². The van der Waals surface area contributed by atoms with Crippen LogP contribution in [-0.2, 0) is 20.8 Å². The van der Waals surface area contributed by atoms with Gasteiger partial charge >= 0.3 is 17.9 Å². The second kappa shape index (κ2) is 39.0. The van der Waals surface area contributed by atoms with Gasteiger partial charge in [-0.15, -0.1) is 0 Å². The zero-order chi connectivity index (χ0) is 43.6. The van der Waals surface area contributed by atoms with Crippen molar-refractivity contribution in [3.63, 3.8) is 0 Å². The summed E-state index contributed by atoms with van der Waals surface area (Å²) < 4.78 is 11.2. The van der Waals surface area contributed by atoms with Crippen molar-refractivity contribution in [2.45, 2.75) is 129 Å². The van der Waals surface area contributed by atoms with Crippen molar-refractivity contribution in [3.05, 3.63) is 170 Å². The highest BCUT2D eigenvalue weighted by Gasteiger charge is 2.17. The van der Waals surface area contributed by atoms with Crippen LogP contribution in [0.5, 0.6) is 11.5 Å². The number of rotatable bonds is 33. The molecule has 1 atom stereocenters.